The average Bonchev–Trinajstić information content (AvgIpc) is 2.39. The summed E-state index contributed by atoms with van der Waals surface area (Å²) in [5.74, 6) is 1.42. The van der Waals surface area contributed by atoms with Crippen LogP contribution in [0.5, 0.6) is 5.88 Å². The number of hydrogen-bond acceptors (Lipinski definition) is 3. The van der Waals surface area contributed by atoms with Gasteiger partial charge in [-0.2, -0.15) is 4.98 Å². The van der Waals surface area contributed by atoms with Gasteiger partial charge in [0, 0.05) is 17.1 Å². The summed E-state index contributed by atoms with van der Waals surface area (Å²) in [6.45, 7) is 4.62. The quantitative estimate of drug-likeness (QED) is 0.884. The van der Waals surface area contributed by atoms with E-state index in [0.717, 1.165) is 16.4 Å². The summed E-state index contributed by atoms with van der Waals surface area (Å²) >= 11 is 5.99. The molecule has 1 aromatic heterocycles. The number of benzene rings is 1. The van der Waals surface area contributed by atoms with E-state index in [9.17, 15) is 0 Å². The number of nitrogens with zero attached hydrogens (tertiary/aromatic N) is 1. The lowest BCUT2D eigenvalue weighted by Gasteiger charge is -2.15. The molecule has 0 aliphatic rings. The molecule has 19 heavy (non-hydrogen) atoms. The summed E-state index contributed by atoms with van der Waals surface area (Å²) < 4.78 is 5.38. The molecule has 0 spiro atoms. The number of halogens is 1. The van der Waals surface area contributed by atoms with Gasteiger partial charge >= 0.3 is 0 Å². The Morgan fingerprint density at radius 2 is 2.05 bits per heavy atom. The van der Waals surface area contributed by atoms with Crippen LogP contribution in [0.4, 0.5) is 5.82 Å². The first kappa shape index (κ1) is 13.7. The molecule has 3 nitrogen and oxygen atoms in total. The molecule has 0 saturated heterocycles. The number of aromatic nitrogens is 1. The Hall–Kier alpha value is -1.74. The molecule has 0 aliphatic heterocycles. The van der Waals surface area contributed by atoms with E-state index in [1.807, 2.05) is 49.4 Å². The maximum Gasteiger partial charge on any atom is 0.215 e. The minimum atomic E-state index is 0.128. The molecule has 0 fully saturated rings. The molecule has 1 heterocycles. The molecule has 100 valence electrons. The third-order valence-corrected chi connectivity index (χ3v) is 2.96. The highest BCUT2D eigenvalue weighted by molar-refractivity contribution is 6.30. The Bertz CT molecular complexity index is 545. The van der Waals surface area contributed by atoms with Gasteiger partial charge in [0.05, 0.1) is 6.61 Å². The van der Waals surface area contributed by atoms with Crippen LogP contribution in [0.3, 0.4) is 0 Å². The summed E-state index contributed by atoms with van der Waals surface area (Å²) in [7, 11) is 0. The Balaban J connectivity index is 2.10. The van der Waals surface area contributed by atoms with Crippen LogP contribution < -0.4 is 10.1 Å². The molecule has 1 atom stereocenters. The van der Waals surface area contributed by atoms with Gasteiger partial charge in [-0.3, -0.25) is 0 Å². The van der Waals surface area contributed by atoms with Crippen LogP contribution in [0.2, 0.25) is 5.02 Å². The molecule has 0 bridgehead atoms. The Labute approximate surface area is 118 Å². The highest BCUT2D eigenvalue weighted by Gasteiger charge is 2.07. The smallest absolute Gasteiger partial charge is 0.215 e. The van der Waals surface area contributed by atoms with Gasteiger partial charge in [0.25, 0.3) is 0 Å². The molecule has 0 saturated carbocycles. The largest absolute Gasteiger partial charge is 0.478 e. The Morgan fingerprint density at radius 3 is 2.79 bits per heavy atom. The van der Waals surface area contributed by atoms with Gasteiger partial charge in [0.2, 0.25) is 5.88 Å². The number of nitrogens with one attached hydrogen (secondary N) is 1. The molecule has 1 aromatic carbocycles. The van der Waals surface area contributed by atoms with Gasteiger partial charge in [-0.15, -0.1) is 0 Å². The molecule has 1 unspecified atom stereocenters. The van der Waals surface area contributed by atoms with E-state index in [-0.39, 0.29) is 6.04 Å². The number of hydrogen-bond donors (Lipinski definition) is 1. The van der Waals surface area contributed by atoms with Crippen LogP contribution in [0, 0.1) is 0 Å². The van der Waals surface area contributed by atoms with Crippen molar-refractivity contribution in [1.29, 1.82) is 0 Å². The molecule has 0 aliphatic carbocycles. The zero-order chi connectivity index (χ0) is 13.7. The van der Waals surface area contributed by atoms with Crippen molar-refractivity contribution in [3.8, 4) is 5.88 Å². The fourth-order valence-electron chi connectivity index (χ4n) is 1.80. The highest BCUT2D eigenvalue weighted by atomic mass is 35.5. The lowest BCUT2D eigenvalue weighted by molar-refractivity contribution is 0.327. The maximum absolute atomic E-state index is 5.99. The molecule has 0 radical (unpaired) electrons. The van der Waals surface area contributed by atoms with Crippen molar-refractivity contribution in [3.63, 3.8) is 0 Å². The predicted octanol–water partition coefficient (Wildman–Crippen LogP) is 4.31. The fraction of sp³-hybridized carbons (Fsp3) is 0.267. The van der Waals surface area contributed by atoms with Gasteiger partial charge in [-0.1, -0.05) is 29.8 Å². The minimum Gasteiger partial charge on any atom is -0.478 e. The zero-order valence-electron chi connectivity index (χ0n) is 11.1. The molecule has 2 aromatic rings. The molecule has 1 N–H and O–H groups in total. The second kappa shape index (κ2) is 6.43. The van der Waals surface area contributed by atoms with Crippen molar-refractivity contribution in [2.45, 2.75) is 19.9 Å². The van der Waals surface area contributed by atoms with Crippen LogP contribution in [0.1, 0.15) is 25.5 Å². The van der Waals surface area contributed by atoms with Gasteiger partial charge in [0.1, 0.15) is 5.82 Å². The van der Waals surface area contributed by atoms with E-state index in [2.05, 4.69) is 17.2 Å². The van der Waals surface area contributed by atoms with Gasteiger partial charge in [0.15, 0.2) is 0 Å². The van der Waals surface area contributed by atoms with E-state index >= 15 is 0 Å². The SMILES string of the molecule is CCOc1cccc(NC(C)c2cccc(Cl)c2)n1. The van der Waals surface area contributed by atoms with E-state index in [1.54, 1.807) is 0 Å². The van der Waals surface area contributed by atoms with Crippen molar-refractivity contribution in [1.82, 2.24) is 4.98 Å². The second-order valence-corrected chi connectivity index (χ2v) is 4.65. The van der Waals surface area contributed by atoms with E-state index in [4.69, 9.17) is 16.3 Å². The van der Waals surface area contributed by atoms with Crippen molar-refractivity contribution in [2.75, 3.05) is 11.9 Å². The van der Waals surface area contributed by atoms with E-state index in [0.29, 0.717) is 12.5 Å². The monoisotopic (exact) mass is 276 g/mol. The third kappa shape index (κ3) is 3.86. The van der Waals surface area contributed by atoms with Crippen LogP contribution in [0.15, 0.2) is 42.5 Å². The summed E-state index contributed by atoms with van der Waals surface area (Å²) in [5, 5.41) is 4.07. The summed E-state index contributed by atoms with van der Waals surface area (Å²) in [6, 6.07) is 13.6. The van der Waals surface area contributed by atoms with Gasteiger partial charge in [-0.05, 0) is 37.6 Å². The number of ether oxygens (including phenoxy) is 1. The van der Waals surface area contributed by atoms with Gasteiger partial charge in [-0.25, -0.2) is 0 Å². The molecular weight excluding hydrogens is 260 g/mol. The van der Waals surface area contributed by atoms with Crippen molar-refractivity contribution in [2.24, 2.45) is 0 Å². The van der Waals surface area contributed by atoms with Crippen LogP contribution in [-0.4, -0.2) is 11.6 Å². The normalized spacial score (nSPS) is 11.9. The van der Waals surface area contributed by atoms with Crippen LogP contribution in [0.25, 0.3) is 0 Å². The van der Waals surface area contributed by atoms with Crippen LogP contribution >= 0.6 is 11.6 Å². The van der Waals surface area contributed by atoms with Crippen molar-refractivity contribution >= 4 is 17.4 Å². The first-order chi connectivity index (χ1) is 9.19. The first-order valence-corrected chi connectivity index (χ1v) is 6.68. The van der Waals surface area contributed by atoms with E-state index < -0.39 is 0 Å². The maximum atomic E-state index is 5.99. The summed E-state index contributed by atoms with van der Waals surface area (Å²) in [5.41, 5.74) is 1.12. The molecule has 0 amide bonds. The molecular formula is C15H17ClN2O. The van der Waals surface area contributed by atoms with Crippen molar-refractivity contribution in [3.05, 3.63) is 53.1 Å². The minimum absolute atomic E-state index is 0.128. The Kier molecular flexibility index (Phi) is 4.63. The standard InChI is InChI=1S/C15H17ClN2O/c1-3-19-15-9-5-8-14(18-15)17-11(2)12-6-4-7-13(16)10-12/h4-11H,3H2,1-2H3,(H,17,18). The molecule has 4 heteroatoms. The lowest BCUT2D eigenvalue weighted by atomic mass is 10.1. The summed E-state index contributed by atoms with van der Waals surface area (Å²) in [6.07, 6.45) is 0. The Morgan fingerprint density at radius 1 is 1.26 bits per heavy atom. The highest BCUT2D eigenvalue weighted by Crippen LogP contribution is 2.21. The fourth-order valence-corrected chi connectivity index (χ4v) is 2.00. The van der Waals surface area contributed by atoms with E-state index in [1.165, 1.54) is 0 Å². The third-order valence-electron chi connectivity index (χ3n) is 2.73. The molecule has 2 rings (SSSR count). The first-order valence-electron chi connectivity index (χ1n) is 6.31. The summed E-state index contributed by atoms with van der Waals surface area (Å²) in [4.78, 5) is 4.38. The lowest BCUT2D eigenvalue weighted by Crippen LogP contribution is -2.08. The predicted molar refractivity (Wildman–Crippen MR) is 78.9 cm³/mol. The van der Waals surface area contributed by atoms with Crippen LogP contribution in [-0.2, 0) is 0 Å². The van der Waals surface area contributed by atoms with Gasteiger partial charge < -0.3 is 10.1 Å². The topological polar surface area (TPSA) is 34.1 Å². The number of rotatable bonds is 5. The zero-order valence-corrected chi connectivity index (χ0v) is 11.8. The van der Waals surface area contributed by atoms with Crippen molar-refractivity contribution < 1.29 is 4.74 Å². The average molecular weight is 277 g/mol. The number of anilines is 1. The number of pyridine rings is 1. The second-order valence-electron chi connectivity index (χ2n) is 4.22.